The first-order valence-electron chi connectivity index (χ1n) is 6.28. The van der Waals surface area contributed by atoms with Gasteiger partial charge in [0.2, 0.25) is 0 Å². The first-order chi connectivity index (χ1) is 10.1. The van der Waals surface area contributed by atoms with E-state index in [9.17, 15) is 10.2 Å². The van der Waals surface area contributed by atoms with Gasteiger partial charge in [0, 0.05) is 6.54 Å². The van der Waals surface area contributed by atoms with E-state index in [2.05, 4.69) is 15.8 Å². The molecule has 0 fully saturated rings. The van der Waals surface area contributed by atoms with Crippen molar-refractivity contribution in [2.24, 2.45) is 5.10 Å². The molecule has 5 nitrogen and oxygen atoms in total. The molecule has 0 bridgehead atoms. The summed E-state index contributed by atoms with van der Waals surface area (Å²) >= 11 is 5.09. The van der Waals surface area contributed by atoms with E-state index >= 15 is 0 Å². The highest BCUT2D eigenvalue weighted by Crippen LogP contribution is 2.23. The Hall–Kier alpha value is -2.60. The van der Waals surface area contributed by atoms with Gasteiger partial charge in [-0.2, -0.15) is 5.10 Å². The molecule has 0 heterocycles. The van der Waals surface area contributed by atoms with Crippen LogP contribution in [0.25, 0.3) is 0 Å². The van der Waals surface area contributed by atoms with Gasteiger partial charge < -0.3 is 15.5 Å². The molecular formula is C15H15N3O2S. The van der Waals surface area contributed by atoms with Crippen molar-refractivity contribution in [3.8, 4) is 11.5 Å². The molecule has 0 aromatic heterocycles. The van der Waals surface area contributed by atoms with E-state index in [1.807, 2.05) is 30.3 Å². The molecule has 21 heavy (non-hydrogen) atoms. The number of hydrogen-bond donors (Lipinski definition) is 4. The van der Waals surface area contributed by atoms with Crippen molar-refractivity contribution in [2.45, 2.75) is 6.54 Å². The van der Waals surface area contributed by atoms with Crippen LogP contribution >= 0.6 is 12.2 Å². The van der Waals surface area contributed by atoms with Crippen LogP contribution < -0.4 is 10.7 Å². The molecular weight excluding hydrogens is 286 g/mol. The second kappa shape index (κ2) is 7.25. The Morgan fingerprint density at radius 3 is 2.57 bits per heavy atom. The minimum Gasteiger partial charge on any atom is -0.504 e. The number of hydrogen-bond acceptors (Lipinski definition) is 4. The Morgan fingerprint density at radius 2 is 1.86 bits per heavy atom. The summed E-state index contributed by atoms with van der Waals surface area (Å²) in [5, 5.41) is 25.9. The molecule has 2 rings (SSSR count). The molecule has 0 spiro atoms. The monoisotopic (exact) mass is 301 g/mol. The lowest BCUT2D eigenvalue weighted by atomic mass is 10.2. The zero-order valence-electron chi connectivity index (χ0n) is 11.2. The zero-order chi connectivity index (χ0) is 15.1. The molecule has 0 saturated carbocycles. The van der Waals surface area contributed by atoms with E-state index in [0.29, 0.717) is 17.2 Å². The van der Waals surface area contributed by atoms with Gasteiger partial charge in [-0.05, 0) is 41.5 Å². The Labute approximate surface area is 127 Å². The van der Waals surface area contributed by atoms with E-state index in [0.717, 1.165) is 5.56 Å². The third-order valence-corrected chi connectivity index (χ3v) is 2.91. The van der Waals surface area contributed by atoms with Gasteiger partial charge >= 0.3 is 0 Å². The Morgan fingerprint density at radius 1 is 1.10 bits per heavy atom. The highest BCUT2D eigenvalue weighted by atomic mass is 32.1. The van der Waals surface area contributed by atoms with Crippen molar-refractivity contribution in [1.29, 1.82) is 0 Å². The molecule has 2 aromatic rings. The van der Waals surface area contributed by atoms with Crippen molar-refractivity contribution in [1.82, 2.24) is 10.7 Å². The number of aromatic hydroxyl groups is 2. The predicted molar refractivity (Wildman–Crippen MR) is 86.4 cm³/mol. The molecule has 0 amide bonds. The van der Waals surface area contributed by atoms with Gasteiger partial charge in [-0.3, -0.25) is 5.43 Å². The fourth-order valence-corrected chi connectivity index (χ4v) is 1.73. The molecule has 6 heteroatoms. The van der Waals surface area contributed by atoms with Gasteiger partial charge in [0.15, 0.2) is 16.6 Å². The fourth-order valence-electron chi connectivity index (χ4n) is 1.60. The highest BCUT2D eigenvalue weighted by molar-refractivity contribution is 7.80. The maximum atomic E-state index is 9.35. The van der Waals surface area contributed by atoms with Crippen LogP contribution in [-0.4, -0.2) is 21.5 Å². The molecule has 0 aliphatic rings. The lowest BCUT2D eigenvalue weighted by Gasteiger charge is -2.06. The Kier molecular flexibility index (Phi) is 5.11. The Bertz CT molecular complexity index is 645. The van der Waals surface area contributed by atoms with E-state index in [-0.39, 0.29) is 11.5 Å². The lowest BCUT2D eigenvalue weighted by molar-refractivity contribution is 0.403. The number of nitrogens with one attached hydrogen (secondary N) is 2. The van der Waals surface area contributed by atoms with Crippen molar-refractivity contribution in [3.63, 3.8) is 0 Å². The van der Waals surface area contributed by atoms with Gasteiger partial charge in [0.05, 0.1) is 6.21 Å². The minimum atomic E-state index is -0.191. The van der Waals surface area contributed by atoms with E-state index in [4.69, 9.17) is 12.2 Å². The van der Waals surface area contributed by atoms with Crippen LogP contribution in [0.2, 0.25) is 0 Å². The number of benzene rings is 2. The maximum Gasteiger partial charge on any atom is 0.187 e. The summed E-state index contributed by atoms with van der Waals surface area (Å²) in [6.45, 7) is 0.613. The Balaban J connectivity index is 1.80. The summed E-state index contributed by atoms with van der Waals surface area (Å²) in [7, 11) is 0. The second-order valence-corrected chi connectivity index (χ2v) is 4.69. The summed E-state index contributed by atoms with van der Waals surface area (Å²) < 4.78 is 0. The predicted octanol–water partition coefficient (Wildman–Crippen LogP) is 2.10. The van der Waals surface area contributed by atoms with Crippen LogP contribution in [0, 0.1) is 0 Å². The van der Waals surface area contributed by atoms with Crippen molar-refractivity contribution in [3.05, 3.63) is 59.7 Å². The number of phenolic OH excluding ortho intramolecular Hbond substituents is 2. The average Bonchev–Trinajstić information content (AvgIpc) is 2.50. The SMILES string of the molecule is Oc1ccc(C=NNC(=S)NCc2ccccc2)cc1O. The van der Waals surface area contributed by atoms with Gasteiger partial charge in [-0.1, -0.05) is 30.3 Å². The van der Waals surface area contributed by atoms with E-state index in [1.165, 1.54) is 18.3 Å². The van der Waals surface area contributed by atoms with Crippen molar-refractivity contribution >= 4 is 23.5 Å². The van der Waals surface area contributed by atoms with Gasteiger partial charge in [0.1, 0.15) is 0 Å². The smallest absolute Gasteiger partial charge is 0.187 e. The van der Waals surface area contributed by atoms with Crippen LogP contribution in [0.5, 0.6) is 11.5 Å². The molecule has 0 aliphatic carbocycles. The first-order valence-corrected chi connectivity index (χ1v) is 6.69. The number of hydrazone groups is 1. The number of phenols is 2. The normalized spacial score (nSPS) is 10.5. The molecule has 0 saturated heterocycles. The summed E-state index contributed by atoms with van der Waals surface area (Å²) in [4.78, 5) is 0. The molecule has 0 atom stereocenters. The van der Waals surface area contributed by atoms with Crippen LogP contribution in [-0.2, 0) is 6.54 Å². The molecule has 4 N–H and O–H groups in total. The summed E-state index contributed by atoms with van der Waals surface area (Å²) in [6, 6.07) is 14.3. The summed E-state index contributed by atoms with van der Waals surface area (Å²) in [5.74, 6) is -0.358. The quantitative estimate of drug-likeness (QED) is 0.301. The van der Waals surface area contributed by atoms with Crippen LogP contribution in [0.4, 0.5) is 0 Å². The standard InChI is InChI=1S/C15H15N3O2S/c19-13-7-6-12(8-14(13)20)10-17-18-15(21)16-9-11-4-2-1-3-5-11/h1-8,10,19-20H,9H2,(H2,16,18,21). The molecule has 0 aliphatic heterocycles. The topological polar surface area (TPSA) is 76.9 Å². The summed E-state index contributed by atoms with van der Waals surface area (Å²) in [5.41, 5.74) is 4.44. The molecule has 0 unspecified atom stereocenters. The molecule has 108 valence electrons. The molecule has 2 aromatic carbocycles. The number of thiocarbonyl (C=S) groups is 1. The van der Waals surface area contributed by atoms with Gasteiger partial charge in [-0.25, -0.2) is 0 Å². The third-order valence-electron chi connectivity index (χ3n) is 2.68. The summed E-state index contributed by atoms with van der Waals surface area (Å²) in [6.07, 6.45) is 1.50. The van der Waals surface area contributed by atoms with E-state index in [1.54, 1.807) is 6.07 Å². The van der Waals surface area contributed by atoms with Crippen molar-refractivity contribution in [2.75, 3.05) is 0 Å². The lowest BCUT2D eigenvalue weighted by Crippen LogP contribution is -2.31. The fraction of sp³-hybridized carbons (Fsp3) is 0.0667. The van der Waals surface area contributed by atoms with Crippen molar-refractivity contribution < 1.29 is 10.2 Å². The van der Waals surface area contributed by atoms with Crippen LogP contribution in [0.1, 0.15) is 11.1 Å². The minimum absolute atomic E-state index is 0.167. The first kappa shape index (κ1) is 14.8. The number of rotatable bonds is 4. The average molecular weight is 301 g/mol. The van der Waals surface area contributed by atoms with Crippen LogP contribution in [0.3, 0.4) is 0 Å². The third kappa shape index (κ3) is 4.77. The number of nitrogens with zero attached hydrogens (tertiary/aromatic N) is 1. The largest absolute Gasteiger partial charge is 0.504 e. The zero-order valence-corrected chi connectivity index (χ0v) is 12.0. The van der Waals surface area contributed by atoms with E-state index < -0.39 is 0 Å². The second-order valence-electron chi connectivity index (χ2n) is 4.29. The highest BCUT2D eigenvalue weighted by Gasteiger charge is 1.98. The van der Waals surface area contributed by atoms with Gasteiger partial charge in [-0.15, -0.1) is 0 Å². The molecule has 0 radical (unpaired) electrons. The van der Waals surface area contributed by atoms with Gasteiger partial charge in [0.25, 0.3) is 0 Å². The maximum absolute atomic E-state index is 9.35. The van der Waals surface area contributed by atoms with Crippen LogP contribution in [0.15, 0.2) is 53.6 Å².